The highest BCUT2D eigenvalue weighted by molar-refractivity contribution is 6.31. The third-order valence-corrected chi connectivity index (χ3v) is 2.38. The van der Waals surface area contributed by atoms with Gasteiger partial charge in [0.05, 0.1) is 13.0 Å². The summed E-state index contributed by atoms with van der Waals surface area (Å²) in [5, 5.41) is 0.219. The number of carbonyl (C=O) groups is 1. The maximum atomic E-state index is 12.8. The minimum atomic E-state index is -0.577. The van der Waals surface area contributed by atoms with E-state index < -0.39 is 17.8 Å². The van der Waals surface area contributed by atoms with Gasteiger partial charge in [0.2, 0.25) is 0 Å². The van der Waals surface area contributed by atoms with Crippen LogP contribution in [0.1, 0.15) is 24.9 Å². The van der Waals surface area contributed by atoms with Crippen molar-refractivity contribution < 1.29 is 13.9 Å². The van der Waals surface area contributed by atoms with Crippen LogP contribution in [-0.2, 0) is 9.53 Å². The highest BCUT2D eigenvalue weighted by Gasteiger charge is 2.15. The second kappa shape index (κ2) is 5.82. The van der Waals surface area contributed by atoms with Crippen molar-refractivity contribution in [3.05, 3.63) is 34.6 Å². The van der Waals surface area contributed by atoms with E-state index in [1.54, 1.807) is 6.92 Å². The molecule has 0 saturated carbocycles. The summed E-state index contributed by atoms with van der Waals surface area (Å²) in [6.07, 6.45) is 0.0270. The first-order valence-electron chi connectivity index (χ1n) is 4.90. The summed E-state index contributed by atoms with van der Waals surface area (Å²) in [4.78, 5) is 11.2. The molecule has 0 aliphatic rings. The number of ether oxygens (including phenoxy) is 1. The first kappa shape index (κ1) is 12.9. The van der Waals surface area contributed by atoms with Gasteiger partial charge in [0.1, 0.15) is 5.82 Å². The Morgan fingerprint density at radius 1 is 1.62 bits per heavy atom. The monoisotopic (exact) mass is 245 g/mol. The lowest BCUT2D eigenvalue weighted by Gasteiger charge is -2.12. The number of esters is 1. The SMILES string of the molecule is CCOC(=O)C[C@H](N)c1ccc(F)cc1Cl. The molecular formula is C11H13ClFNO2. The Morgan fingerprint density at radius 2 is 2.31 bits per heavy atom. The fourth-order valence-electron chi connectivity index (χ4n) is 1.31. The van der Waals surface area contributed by atoms with E-state index in [-0.39, 0.29) is 11.4 Å². The van der Waals surface area contributed by atoms with Crippen molar-refractivity contribution in [2.24, 2.45) is 5.73 Å². The lowest BCUT2D eigenvalue weighted by molar-refractivity contribution is -0.143. The van der Waals surface area contributed by atoms with E-state index >= 15 is 0 Å². The van der Waals surface area contributed by atoms with Gasteiger partial charge in [-0.3, -0.25) is 4.79 Å². The van der Waals surface area contributed by atoms with E-state index in [1.807, 2.05) is 0 Å². The number of carbonyl (C=O) groups excluding carboxylic acids is 1. The summed E-state index contributed by atoms with van der Waals surface area (Å²) >= 11 is 5.81. The van der Waals surface area contributed by atoms with Crippen molar-refractivity contribution in [2.45, 2.75) is 19.4 Å². The standard InChI is InChI=1S/C11H13ClFNO2/c1-2-16-11(15)6-10(14)8-4-3-7(13)5-9(8)12/h3-5,10H,2,6,14H2,1H3/t10-/m0/s1. The van der Waals surface area contributed by atoms with Gasteiger partial charge in [-0.05, 0) is 24.6 Å². The third kappa shape index (κ3) is 3.47. The molecule has 0 aliphatic carbocycles. The van der Waals surface area contributed by atoms with E-state index in [0.29, 0.717) is 12.2 Å². The number of halogens is 2. The van der Waals surface area contributed by atoms with Crippen LogP contribution in [-0.4, -0.2) is 12.6 Å². The van der Waals surface area contributed by atoms with E-state index in [9.17, 15) is 9.18 Å². The molecule has 5 heteroatoms. The highest BCUT2D eigenvalue weighted by atomic mass is 35.5. The first-order chi connectivity index (χ1) is 7.54. The second-order valence-corrected chi connectivity index (χ2v) is 3.69. The molecule has 0 radical (unpaired) electrons. The molecule has 0 fully saturated rings. The zero-order valence-electron chi connectivity index (χ0n) is 8.87. The Kier molecular flexibility index (Phi) is 4.71. The molecule has 16 heavy (non-hydrogen) atoms. The molecule has 0 heterocycles. The van der Waals surface area contributed by atoms with Crippen molar-refractivity contribution in [1.82, 2.24) is 0 Å². The van der Waals surface area contributed by atoms with Gasteiger partial charge in [-0.15, -0.1) is 0 Å². The molecule has 0 aliphatic heterocycles. The molecule has 2 N–H and O–H groups in total. The van der Waals surface area contributed by atoms with Crippen LogP contribution in [0.3, 0.4) is 0 Å². The maximum Gasteiger partial charge on any atom is 0.307 e. The summed E-state index contributed by atoms with van der Waals surface area (Å²) < 4.78 is 17.5. The summed E-state index contributed by atoms with van der Waals surface area (Å²) in [5.41, 5.74) is 6.31. The normalized spacial score (nSPS) is 12.2. The number of rotatable bonds is 4. The zero-order chi connectivity index (χ0) is 12.1. The smallest absolute Gasteiger partial charge is 0.307 e. The van der Waals surface area contributed by atoms with Gasteiger partial charge >= 0.3 is 5.97 Å². The van der Waals surface area contributed by atoms with Crippen molar-refractivity contribution in [2.75, 3.05) is 6.61 Å². The predicted molar refractivity (Wildman–Crippen MR) is 59.6 cm³/mol. The number of benzene rings is 1. The van der Waals surface area contributed by atoms with Gasteiger partial charge < -0.3 is 10.5 Å². The van der Waals surface area contributed by atoms with E-state index in [0.717, 1.165) is 0 Å². The zero-order valence-corrected chi connectivity index (χ0v) is 9.63. The Labute approximate surface area is 98.3 Å². The minimum absolute atomic E-state index is 0.0270. The Morgan fingerprint density at radius 3 is 2.88 bits per heavy atom. The van der Waals surface area contributed by atoms with Gasteiger partial charge in [0.25, 0.3) is 0 Å². The van der Waals surface area contributed by atoms with Crippen LogP contribution in [0.25, 0.3) is 0 Å². The van der Waals surface area contributed by atoms with Gasteiger partial charge in [-0.1, -0.05) is 17.7 Å². The fraction of sp³-hybridized carbons (Fsp3) is 0.364. The van der Waals surface area contributed by atoms with Crippen molar-refractivity contribution >= 4 is 17.6 Å². The van der Waals surface area contributed by atoms with Gasteiger partial charge in [-0.2, -0.15) is 0 Å². The number of hydrogen-bond acceptors (Lipinski definition) is 3. The van der Waals surface area contributed by atoms with Gasteiger partial charge in [0, 0.05) is 11.1 Å². The van der Waals surface area contributed by atoms with Gasteiger partial charge in [-0.25, -0.2) is 4.39 Å². The fourth-order valence-corrected chi connectivity index (χ4v) is 1.62. The van der Waals surface area contributed by atoms with Crippen LogP contribution in [0.15, 0.2) is 18.2 Å². The molecule has 1 aromatic rings. The van der Waals surface area contributed by atoms with Crippen LogP contribution >= 0.6 is 11.6 Å². The van der Waals surface area contributed by atoms with Crippen molar-refractivity contribution in [1.29, 1.82) is 0 Å². The Bertz CT molecular complexity index is 384. The highest BCUT2D eigenvalue weighted by Crippen LogP contribution is 2.24. The van der Waals surface area contributed by atoms with Crippen LogP contribution in [0.4, 0.5) is 4.39 Å². The second-order valence-electron chi connectivity index (χ2n) is 3.28. The lowest BCUT2D eigenvalue weighted by Crippen LogP contribution is -2.17. The van der Waals surface area contributed by atoms with Crippen molar-refractivity contribution in [3.63, 3.8) is 0 Å². The molecule has 0 unspecified atom stereocenters. The topological polar surface area (TPSA) is 52.3 Å². The molecule has 0 saturated heterocycles. The van der Waals surface area contributed by atoms with E-state index in [4.69, 9.17) is 22.1 Å². The summed E-state index contributed by atoms with van der Waals surface area (Å²) in [7, 11) is 0. The Hall–Kier alpha value is -1.13. The average Bonchev–Trinajstić information content (AvgIpc) is 2.17. The van der Waals surface area contributed by atoms with Crippen LogP contribution in [0.2, 0.25) is 5.02 Å². The molecule has 0 bridgehead atoms. The first-order valence-corrected chi connectivity index (χ1v) is 5.28. The molecule has 1 aromatic carbocycles. The molecule has 0 aromatic heterocycles. The summed E-state index contributed by atoms with van der Waals surface area (Å²) in [5.74, 6) is -0.826. The number of nitrogens with two attached hydrogens (primary N) is 1. The summed E-state index contributed by atoms with van der Waals surface area (Å²) in [6.45, 7) is 2.02. The molecule has 3 nitrogen and oxygen atoms in total. The average molecular weight is 246 g/mol. The predicted octanol–water partition coefficient (Wildman–Crippen LogP) is 2.43. The van der Waals surface area contributed by atoms with Crippen molar-refractivity contribution in [3.8, 4) is 0 Å². The molecule has 1 rings (SSSR count). The van der Waals surface area contributed by atoms with E-state index in [1.165, 1.54) is 18.2 Å². The van der Waals surface area contributed by atoms with E-state index in [2.05, 4.69) is 0 Å². The molecule has 88 valence electrons. The molecule has 0 spiro atoms. The van der Waals surface area contributed by atoms with Crippen LogP contribution in [0, 0.1) is 5.82 Å². The molecular weight excluding hydrogens is 233 g/mol. The third-order valence-electron chi connectivity index (χ3n) is 2.05. The number of hydrogen-bond donors (Lipinski definition) is 1. The maximum absolute atomic E-state index is 12.8. The summed E-state index contributed by atoms with van der Waals surface area (Å²) in [6, 6.07) is 3.32. The van der Waals surface area contributed by atoms with Gasteiger partial charge in [0.15, 0.2) is 0 Å². The molecule has 0 amide bonds. The lowest BCUT2D eigenvalue weighted by atomic mass is 10.0. The largest absolute Gasteiger partial charge is 0.466 e. The Balaban J connectivity index is 2.72. The van der Waals surface area contributed by atoms with Crippen LogP contribution < -0.4 is 5.73 Å². The van der Waals surface area contributed by atoms with Crippen LogP contribution in [0.5, 0.6) is 0 Å². The molecule has 1 atom stereocenters. The minimum Gasteiger partial charge on any atom is -0.466 e. The quantitative estimate of drug-likeness (QED) is 0.829.